The first-order chi connectivity index (χ1) is 28.4. The lowest BCUT2D eigenvalue weighted by atomic mass is 10.1. The highest BCUT2D eigenvalue weighted by atomic mass is 31.2. The molecule has 10 nitrogen and oxygen atoms in total. The van der Waals surface area contributed by atoms with Crippen LogP contribution in [0.15, 0.2) is 97.2 Å². The second kappa shape index (κ2) is 39.1. The number of aliphatic hydroxyl groups excluding tert-OH is 1. The first-order valence-electron chi connectivity index (χ1n) is 22.1. The van der Waals surface area contributed by atoms with E-state index in [1.807, 2.05) is 64.5 Å². The quantitative estimate of drug-likeness (QED) is 0.0161. The number of unbranched alkanes of at least 4 members (excludes halogenated alkanes) is 8. The van der Waals surface area contributed by atoms with Crippen LogP contribution in [0, 0.1) is 0 Å². The van der Waals surface area contributed by atoms with E-state index < -0.39 is 32.5 Å². The molecule has 0 aromatic heterocycles. The molecule has 0 aliphatic heterocycles. The monoisotopic (exact) mass is 846 g/mol. The highest BCUT2D eigenvalue weighted by molar-refractivity contribution is 7.45. The summed E-state index contributed by atoms with van der Waals surface area (Å²) in [6.45, 7) is 3.72. The van der Waals surface area contributed by atoms with Gasteiger partial charge in [0.05, 0.1) is 33.9 Å². The van der Waals surface area contributed by atoms with Gasteiger partial charge in [0, 0.05) is 12.8 Å². The number of allylic oxidation sites excluding steroid dienone is 15. The fourth-order valence-electron chi connectivity index (χ4n) is 5.13. The van der Waals surface area contributed by atoms with E-state index in [1.165, 1.54) is 38.5 Å². The van der Waals surface area contributed by atoms with Crippen molar-refractivity contribution in [1.82, 2.24) is 0 Å². The van der Waals surface area contributed by atoms with E-state index >= 15 is 0 Å². The van der Waals surface area contributed by atoms with Crippen molar-refractivity contribution in [2.45, 2.75) is 148 Å². The summed E-state index contributed by atoms with van der Waals surface area (Å²) in [6, 6.07) is 0. The zero-order valence-electron chi connectivity index (χ0n) is 37.3. The highest BCUT2D eigenvalue weighted by Gasteiger charge is 2.21. The first kappa shape index (κ1) is 55.9. The average molecular weight is 846 g/mol. The molecule has 59 heavy (non-hydrogen) atoms. The molecule has 0 aliphatic carbocycles. The molecule has 1 unspecified atom stereocenters. The number of hydrogen-bond donors (Lipinski definition) is 1. The van der Waals surface area contributed by atoms with E-state index in [2.05, 4.69) is 61.6 Å². The molecule has 0 aromatic rings. The lowest BCUT2D eigenvalue weighted by Gasteiger charge is -2.28. The van der Waals surface area contributed by atoms with Gasteiger partial charge in [0.25, 0.3) is 7.82 Å². The second-order valence-corrected chi connectivity index (χ2v) is 16.9. The van der Waals surface area contributed by atoms with Crippen molar-refractivity contribution in [2.24, 2.45) is 0 Å². The van der Waals surface area contributed by atoms with Crippen molar-refractivity contribution in [3.8, 4) is 0 Å². The molecule has 0 radical (unpaired) electrons. The Labute approximate surface area is 358 Å². The van der Waals surface area contributed by atoms with Crippen LogP contribution < -0.4 is 4.89 Å². The smallest absolute Gasteiger partial charge is 0.306 e. The normalized spacial score (nSPS) is 15.0. The van der Waals surface area contributed by atoms with Crippen LogP contribution in [0.1, 0.15) is 136 Å². The molecule has 3 atom stereocenters. The van der Waals surface area contributed by atoms with E-state index in [1.54, 1.807) is 6.08 Å². The number of quaternary nitrogens is 1. The summed E-state index contributed by atoms with van der Waals surface area (Å²) in [5.74, 6) is -0.994. The number of carbonyl (C=O) groups excluding carboxylic acids is 2. The standard InChI is InChI=1S/C48H80NO9P/c1-6-8-9-10-11-12-13-14-15-16-17-22-25-28-31-34-37-40-48(52)58-46(44-57-59(53,54)56-42-41-49(3,4)5)43-55-47(51)39-36-33-30-27-24-21-19-18-20-23-26-29-32-35-38-45(50)7-2/h14-15,17,19-23,27-32,35,38,45-46,50H,6-13,16,18,24-26,33-34,36-37,39-44H2,1-5H3/b15-14-,21-19-,22-17-,23-20-,30-27-,31-28-,32-29-,38-35+/t45-,46+/m0/s1. The SMILES string of the molecule is CCCCCCCC/C=C\C/C=C\C/C=C\CCCC(=O)O[C@H](COC(=O)CCC/C=C\C/C=C\C/C=C\C/C=C\C=C\[C@@H](O)CC)COP(=O)([O-])OCC[N+](C)(C)C. The Morgan fingerprint density at radius 1 is 0.627 bits per heavy atom. The van der Waals surface area contributed by atoms with Crippen molar-refractivity contribution >= 4 is 19.8 Å². The van der Waals surface area contributed by atoms with Gasteiger partial charge in [0.2, 0.25) is 0 Å². The highest BCUT2D eigenvalue weighted by Crippen LogP contribution is 2.38. The Balaban J connectivity index is 4.58. The fraction of sp³-hybridized carbons (Fsp3) is 0.625. The minimum Gasteiger partial charge on any atom is -0.756 e. The molecule has 0 heterocycles. The third-order valence-corrected chi connectivity index (χ3v) is 9.71. The Bertz CT molecular complexity index is 1340. The number of hydrogen-bond acceptors (Lipinski definition) is 9. The molecule has 1 N–H and O–H groups in total. The number of esters is 2. The maximum absolute atomic E-state index is 12.7. The number of likely N-dealkylation sites (N-methyl/N-ethyl adjacent to an activating group) is 1. The van der Waals surface area contributed by atoms with E-state index in [0.717, 1.165) is 38.5 Å². The molecule has 0 aromatic carbocycles. The largest absolute Gasteiger partial charge is 0.756 e. The Kier molecular flexibility index (Phi) is 37.0. The zero-order valence-corrected chi connectivity index (χ0v) is 38.2. The van der Waals surface area contributed by atoms with Gasteiger partial charge >= 0.3 is 11.9 Å². The summed E-state index contributed by atoms with van der Waals surface area (Å²) >= 11 is 0. The van der Waals surface area contributed by atoms with Gasteiger partial charge in [-0.3, -0.25) is 14.2 Å². The number of phosphoric acid groups is 1. The summed E-state index contributed by atoms with van der Waals surface area (Å²) in [7, 11) is 1.06. The summed E-state index contributed by atoms with van der Waals surface area (Å²) in [5, 5.41) is 9.48. The van der Waals surface area contributed by atoms with Crippen LogP contribution >= 0.6 is 7.82 Å². The Morgan fingerprint density at radius 2 is 1.12 bits per heavy atom. The van der Waals surface area contributed by atoms with Crippen LogP contribution in [0.25, 0.3) is 0 Å². The van der Waals surface area contributed by atoms with Crippen LogP contribution in [-0.2, 0) is 32.7 Å². The van der Waals surface area contributed by atoms with Crippen molar-refractivity contribution in [2.75, 3.05) is 47.5 Å². The first-order valence-corrected chi connectivity index (χ1v) is 23.5. The predicted molar refractivity (Wildman–Crippen MR) is 241 cm³/mol. The Hall–Kier alpha value is -3.11. The van der Waals surface area contributed by atoms with E-state index in [9.17, 15) is 24.2 Å². The zero-order chi connectivity index (χ0) is 43.7. The van der Waals surface area contributed by atoms with Crippen molar-refractivity contribution in [3.05, 3.63) is 97.2 Å². The maximum atomic E-state index is 12.7. The van der Waals surface area contributed by atoms with Crippen molar-refractivity contribution in [3.63, 3.8) is 0 Å². The summed E-state index contributed by atoms with van der Waals surface area (Å²) in [6.07, 6.45) is 48.3. The molecular weight excluding hydrogens is 766 g/mol. The topological polar surface area (TPSA) is 131 Å². The lowest BCUT2D eigenvalue weighted by Crippen LogP contribution is -2.37. The number of carbonyl (C=O) groups is 2. The summed E-state index contributed by atoms with van der Waals surface area (Å²) < 4.78 is 33.7. The van der Waals surface area contributed by atoms with Crippen LogP contribution in [-0.4, -0.2) is 81.2 Å². The molecule has 0 amide bonds. The Morgan fingerprint density at radius 3 is 1.66 bits per heavy atom. The van der Waals surface area contributed by atoms with Gasteiger partial charge in [-0.2, -0.15) is 0 Å². The molecule has 0 fully saturated rings. The third kappa shape index (κ3) is 42.8. The third-order valence-electron chi connectivity index (χ3n) is 8.75. The number of aliphatic hydroxyl groups is 1. The van der Waals surface area contributed by atoms with Crippen molar-refractivity contribution in [1.29, 1.82) is 0 Å². The van der Waals surface area contributed by atoms with E-state index in [4.69, 9.17) is 18.5 Å². The molecule has 0 rings (SSSR count). The minimum absolute atomic E-state index is 0.0603. The predicted octanol–water partition coefficient (Wildman–Crippen LogP) is 10.9. The van der Waals surface area contributed by atoms with Crippen LogP contribution in [0.3, 0.4) is 0 Å². The number of rotatable bonds is 38. The van der Waals surface area contributed by atoms with Crippen molar-refractivity contribution < 1.29 is 47.2 Å². The van der Waals surface area contributed by atoms with E-state index in [0.29, 0.717) is 43.1 Å². The van der Waals surface area contributed by atoms with Gasteiger partial charge in [-0.1, -0.05) is 143 Å². The van der Waals surface area contributed by atoms with Crippen LogP contribution in [0.4, 0.5) is 0 Å². The van der Waals surface area contributed by atoms with Gasteiger partial charge in [-0.25, -0.2) is 0 Å². The molecule has 0 spiro atoms. The van der Waals surface area contributed by atoms with Gasteiger partial charge in [0.1, 0.15) is 19.8 Å². The van der Waals surface area contributed by atoms with Gasteiger partial charge in [0.15, 0.2) is 6.10 Å². The fourth-order valence-corrected chi connectivity index (χ4v) is 5.85. The summed E-state index contributed by atoms with van der Waals surface area (Å²) in [4.78, 5) is 37.5. The molecule has 0 saturated heterocycles. The number of phosphoric ester groups is 1. The molecule has 336 valence electrons. The molecule has 11 heteroatoms. The maximum Gasteiger partial charge on any atom is 0.306 e. The molecule has 0 saturated carbocycles. The van der Waals surface area contributed by atoms with Gasteiger partial charge < -0.3 is 33.0 Å². The molecule has 0 aliphatic rings. The molecular formula is C48H80NO9P. The summed E-state index contributed by atoms with van der Waals surface area (Å²) in [5.41, 5.74) is 0. The number of nitrogens with zero attached hydrogens (tertiary/aromatic N) is 1. The van der Waals surface area contributed by atoms with Gasteiger partial charge in [-0.05, 0) is 77.0 Å². The van der Waals surface area contributed by atoms with Crippen LogP contribution in [0.5, 0.6) is 0 Å². The molecule has 0 bridgehead atoms. The lowest BCUT2D eigenvalue weighted by molar-refractivity contribution is -0.870. The second-order valence-electron chi connectivity index (χ2n) is 15.5. The minimum atomic E-state index is -4.67. The average Bonchev–Trinajstić information content (AvgIpc) is 3.19. The number of ether oxygens (including phenoxy) is 2. The van der Waals surface area contributed by atoms with Crippen LogP contribution in [0.2, 0.25) is 0 Å². The van der Waals surface area contributed by atoms with E-state index in [-0.39, 0.29) is 32.2 Å². The van der Waals surface area contributed by atoms with Gasteiger partial charge in [-0.15, -0.1) is 0 Å².